The third-order valence-electron chi connectivity index (χ3n) is 4.16. The van der Waals surface area contributed by atoms with Gasteiger partial charge in [0.15, 0.2) is 0 Å². The van der Waals surface area contributed by atoms with Crippen molar-refractivity contribution in [2.45, 2.75) is 33.2 Å². The van der Waals surface area contributed by atoms with Gasteiger partial charge in [0.1, 0.15) is 0 Å². The zero-order chi connectivity index (χ0) is 14.8. The highest BCUT2D eigenvalue weighted by molar-refractivity contribution is 7.08. The molecule has 6 heteroatoms. The largest absolute Gasteiger partial charge is 0.481 e. The number of nitrogens with one attached hydrogen (secondary N) is 1. The molecule has 0 aliphatic carbocycles. The van der Waals surface area contributed by atoms with Gasteiger partial charge in [-0.1, -0.05) is 6.92 Å². The number of carbonyl (C=O) groups is 2. The second-order valence-corrected chi connectivity index (χ2v) is 6.09. The van der Waals surface area contributed by atoms with Gasteiger partial charge in [0.2, 0.25) is 0 Å². The van der Waals surface area contributed by atoms with Crippen molar-refractivity contribution in [1.82, 2.24) is 10.2 Å². The number of carboxylic acids is 1. The van der Waals surface area contributed by atoms with Crippen LogP contribution >= 0.6 is 11.3 Å². The van der Waals surface area contributed by atoms with Crippen molar-refractivity contribution < 1.29 is 14.7 Å². The molecule has 1 aromatic rings. The molecule has 1 aromatic heterocycles. The average molecular weight is 296 g/mol. The number of hydrogen-bond acceptors (Lipinski definition) is 3. The number of hydrogen-bond donors (Lipinski definition) is 2. The first-order valence-corrected chi connectivity index (χ1v) is 7.70. The Bertz CT molecular complexity index is 514. The number of amides is 2. The SMILES string of the molecule is CCC1(C(=O)O)CCN(C(=O)NCc2cscc2C)C1. The fourth-order valence-electron chi connectivity index (χ4n) is 2.51. The van der Waals surface area contributed by atoms with Gasteiger partial charge in [-0.25, -0.2) is 4.79 Å². The van der Waals surface area contributed by atoms with Crippen LogP contribution in [0.1, 0.15) is 30.9 Å². The lowest BCUT2D eigenvalue weighted by Crippen LogP contribution is -2.41. The second-order valence-electron chi connectivity index (χ2n) is 5.35. The number of aryl methyl sites for hydroxylation is 1. The van der Waals surface area contributed by atoms with Gasteiger partial charge in [-0.2, -0.15) is 11.3 Å². The summed E-state index contributed by atoms with van der Waals surface area (Å²) >= 11 is 1.61. The Morgan fingerprint density at radius 2 is 2.25 bits per heavy atom. The number of carboxylic acid groups (broad SMARTS) is 1. The van der Waals surface area contributed by atoms with E-state index in [4.69, 9.17) is 0 Å². The Hall–Kier alpha value is -1.56. The number of aliphatic carboxylic acids is 1. The molecule has 0 saturated carbocycles. The van der Waals surface area contributed by atoms with Gasteiger partial charge in [0.25, 0.3) is 0 Å². The molecule has 1 unspecified atom stereocenters. The summed E-state index contributed by atoms with van der Waals surface area (Å²) in [6.45, 7) is 5.18. The molecule has 0 radical (unpaired) electrons. The van der Waals surface area contributed by atoms with Gasteiger partial charge in [0.05, 0.1) is 5.41 Å². The van der Waals surface area contributed by atoms with Crippen molar-refractivity contribution in [3.05, 3.63) is 21.9 Å². The maximum absolute atomic E-state index is 12.1. The van der Waals surface area contributed by atoms with Crippen molar-refractivity contribution in [1.29, 1.82) is 0 Å². The lowest BCUT2D eigenvalue weighted by atomic mass is 9.84. The van der Waals surface area contributed by atoms with Crippen LogP contribution in [0.25, 0.3) is 0 Å². The van der Waals surface area contributed by atoms with Crippen LogP contribution in [0, 0.1) is 12.3 Å². The molecule has 2 heterocycles. The van der Waals surface area contributed by atoms with Crippen LogP contribution in [0.2, 0.25) is 0 Å². The van der Waals surface area contributed by atoms with Gasteiger partial charge in [0, 0.05) is 19.6 Å². The molecule has 110 valence electrons. The molecule has 2 N–H and O–H groups in total. The summed E-state index contributed by atoms with van der Waals surface area (Å²) in [7, 11) is 0. The van der Waals surface area contributed by atoms with E-state index in [1.165, 1.54) is 5.56 Å². The molecular weight excluding hydrogens is 276 g/mol. The topological polar surface area (TPSA) is 69.6 Å². The van der Waals surface area contributed by atoms with E-state index < -0.39 is 11.4 Å². The van der Waals surface area contributed by atoms with Crippen LogP contribution in [0.3, 0.4) is 0 Å². The lowest BCUT2D eigenvalue weighted by molar-refractivity contribution is -0.148. The van der Waals surface area contributed by atoms with Gasteiger partial charge in [-0.3, -0.25) is 4.79 Å². The highest BCUT2D eigenvalue weighted by atomic mass is 32.1. The first-order chi connectivity index (χ1) is 9.48. The molecule has 0 spiro atoms. The first-order valence-electron chi connectivity index (χ1n) is 6.76. The number of nitrogens with zero attached hydrogens (tertiary/aromatic N) is 1. The van der Waals surface area contributed by atoms with Gasteiger partial charge < -0.3 is 15.3 Å². The van der Waals surface area contributed by atoms with Crippen LogP contribution in [0.15, 0.2) is 10.8 Å². The highest BCUT2D eigenvalue weighted by Gasteiger charge is 2.44. The first kappa shape index (κ1) is 14.8. The van der Waals surface area contributed by atoms with E-state index in [1.54, 1.807) is 16.2 Å². The third-order valence-corrected chi connectivity index (χ3v) is 5.07. The Morgan fingerprint density at radius 3 is 2.75 bits per heavy atom. The lowest BCUT2D eigenvalue weighted by Gasteiger charge is -2.23. The smallest absolute Gasteiger partial charge is 0.317 e. The summed E-state index contributed by atoms with van der Waals surface area (Å²) in [5.74, 6) is -0.802. The van der Waals surface area contributed by atoms with Gasteiger partial charge >= 0.3 is 12.0 Å². The Balaban J connectivity index is 1.92. The highest BCUT2D eigenvalue weighted by Crippen LogP contribution is 2.34. The van der Waals surface area contributed by atoms with E-state index in [9.17, 15) is 14.7 Å². The third kappa shape index (κ3) is 2.80. The van der Waals surface area contributed by atoms with Crippen molar-refractivity contribution in [2.75, 3.05) is 13.1 Å². The summed E-state index contributed by atoms with van der Waals surface area (Å²) in [6.07, 6.45) is 1.08. The molecular formula is C14H20N2O3S. The van der Waals surface area contributed by atoms with Crippen molar-refractivity contribution >= 4 is 23.3 Å². The Labute approximate surface area is 122 Å². The molecule has 1 atom stereocenters. The van der Waals surface area contributed by atoms with Crippen LogP contribution < -0.4 is 5.32 Å². The van der Waals surface area contributed by atoms with Gasteiger partial charge in [-0.15, -0.1) is 0 Å². The quantitative estimate of drug-likeness (QED) is 0.896. The maximum Gasteiger partial charge on any atom is 0.317 e. The predicted octanol–water partition coefficient (Wildman–Crippen LogP) is 2.45. The van der Waals surface area contributed by atoms with E-state index in [1.807, 2.05) is 24.6 Å². The zero-order valence-electron chi connectivity index (χ0n) is 11.8. The van der Waals surface area contributed by atoms with Crippen LogP contribution in [0.5, 0.6) is 0 Å². The number of urea groups is 1. The molecule has 2 amide bonds. The number of carbonyl (C=O) groups excluding carboxylic acids is 1. The average Bonchev–Trinajstić information content (AvgIpc) is 3.03. The second kappa shape index (κ2) is 5.83. The Kier molecular flexibility index (Phi) is 4.32. The minimum atomic E-state index is -0.802. The van der Waals surface area contributed by atoms with Crippen LogP contribution in [-0.2, 0) is 11.3 Å². The van der Waals surface area contributed by atoms with E-state index >= 15 is 0 Å². The van der Waals surface area contributed by atoms with E-state index in [0.717, 1.165) is 5.56 Å². The molecule has 20 heavy (non-hydrogen) atoms. The number of thiophene rings is 1. The summed E-state index contributed by atoms with van der Waals surface area (Å²) in [5, 5.41) is 16.3. The van der Waals surface area contributed by atoms with Crippen molar-refractivity contribution in [2.24, 2.45) is 5.41 Å². The molecule has 1 aliphatic rings. The van der Waals surface area contributed by atoms with E-state index in [2.05, 4.69) is 5.32 Å². The summed E-state index contributed by atoms with van der Waals surface area (Å²) in [5.41, 5.74) is 1.52. The molecule has 1 saturated heterocycles. The summed E-state index contributed by atoms with van der Waals surface area (Å²) in [6, 6.07) is -0.174. The summed E-state index contributed by atoms with van der Waals surface area (Å²) in [4.78, 5) is 25.1. The van der Waals surface area contributed by atoms with Crippen LogP contribution in [-0.4, -0.2) is 35.1 Å². The van der Waals surface area contributed by atoms with Crippen molar-refractivity contribution in [3.8, 4) is 0 Å². The monoisotopic (exact) mass is 296 g/mol. The fourth-order valence-corrected chi connectivity index (χ4v) is 3.37. The Morgan fingerprint density at radius 1 is 1.50 bits per heavy atom. The standard InChI is InChI=1S/C14H20N2O3S/c1-3-14(12(17)18)4-5-16(9-14)13(19)15-6-11-8-20-7-10(11)2/h7-8H,3-6,9H2,1-2H3,(H,15,19)(H,17,18). The molecule has 2 rings (SSSR count). The molecule has 1 aliphatic heterocycles. The number of rotatable bonds is 4. The molecule has 0 aromatic carbocycles. The van der Waals surface area contributed by atoms with E-state index in [0.29, 0.717) is 32.5 Å². The summed E-state index contributed by atoms with van der Waals surface area (Å²) < 4.78 is 0. The maximum atomic E-state index is 12.1. The fraction of sp³-hybridized carbons (Fsp3) is 0.571. The zero-order valence-corrected chi connectivity index (χ0v) is 12.6. The van der Waals surface area contributed by atoms with Crippen LogP contribution in [0.4, 0.5) is 4.79 Å². The predicted molar refractivity (Wildman–Crippen MR) is 77.8 cm³/mol. The van der Waals surface area contributed by atoms with Crippen molar-refractivity contribution in [3.63, 3.8) is 0 Å². The molecule has 1 fully saturated rings. The molecule has 0 bridgehead atoms. The number of likely N-dealkylation sites (tertiary alicyclic amines) is 1. The minimum Gasteiger partial charge on any atom is -0.481 e. The molecule has 5 nitrogen and oxygen atoms in total. The minimum absolute atomic E-state index is 0.174. The van der Waals surface area contributed by atoms with E-state index in [-0.39, 0.29) is 6.03 Å². The normalized spacial score (nSPS) is 22.0. The van der Waals surface area contributed by atoms with Gasteiger partial charge in [-0.05, 0) is 41.7 Å².